The molecule has 0 unspecified atom stereocenters. The molecule has 3 rings (SSSR count). The summed E-state index contributed by atoms with van der Waals surface area (Å²) in [6.07, 6.45) is 1.45. The van der Waals surface area contributed by atoms with E-state index in [-0.39, 0.29) is 23.0 Å². The normalized spacial score (nSPS) is 11.0. The molecule has 3 aromatic rings. The first kappa shape index (κ1) is 23.1. The molecule has 0 bridgehead atoms. The van der Waals surface area contributed by atoms with Crippen molar-refractivity contribution < 1.29 is 13.9 Å². The van der Waals surface area contributed by atoms with Gasteiger partial charge in [-0.15, -0.1) is 0 Å². The van der Waals surface area contributed by atoms with Gasteiger partial charge in [0.05, 0.1) is 19.3 Å². The molecule has 0 fully saturated rings. The quantitative estimate of drug-likeness (QED) is 0.201. The van der Waals surface area contributed by atoms with Gasteiger partial charge in [0.1, 0.15) is 29.8 Å². The predicted octanol–water partition coefficient (Wildman–Crippen LogP) is 6.86. The topological polar surface area (TPSA) is 62.1 Å². The van der Waals surface area contributed by atoms with Crippen molar-refractivity contribution in [3.05, 3.63) is 96.8 Å². The van der Waals surface area contributed by atoms with Gasteiger partial charge in [0, 0.05) is 5.56 Å². The van der Waals surface area contributed by atoms with E-state index in [0.717, 1.165) is 3.57 Å². The van der Waals surface area contributed by atoms with Gasteiger partial charge < -0.3 is 10.1 Å². The first-order chi connectivity index (χ1) is 14.9. The minimum Gasteiger partial charge on any atom is -0.488 e. The maximum atomic E-state index is 13.7. The Morgan fingerprint density at radius 3 is 2.65 bits per heavy atom. The molecule has 1 N–H and O–H groups in total. The number of nitriles is 1. The largest absolute Gasteiger partial charge is 0.488 e. The Morgan fingerprint density at radius 2 is 1.94 bits per heavy atom. The molecule has 1 amide bonds. The number of benzene rings is 3. The van der Waals surface area contributed by atoms with E-state index >= 15 is 0 Å². The van der Waals surface area contributed by atoms with E-state index in [4.69, 9.17) is 27.9 Å². The van der Waals surface area contributed by atoms with Gasteiger partial charge >= 0.3 is 0 Å². The number of amides is 1. The van der Waals surface area contributed by atoms with Gasteiger partial charge in [-0.25, -0.2) is 4.39 Å². The minimum absolute atomic E-state index is 0.0874. The summed E-state index contributed by atoms with van der Waals surface area (Å²) in [5.74, 6) is -0.377. The van der Waals surface area contributed by atoms with Crippen LogP contribution in [-0.4, -0.2) is 5.91 Å². The van der Waals surface area contributed by atoms with E-state index in [1.54, 1.807) is 54.6 Å². The molecule has 0 aliphatic heterocycles. The molecule has 0 saturated carbocycles. The van der Waals surface area contributed by atoms with Crippen LogP contribution in [0.25, 0.3) is 6.08 Å². The van der Waals surface area contributed by atoms with Gasteiger partial charge in [-0.2, -0.15) is 5.26 Å². The van der Waals surface area contributed by atoms with E-state index in [0.29, 0.717) is 27.6 Å². The van der Waals surface area contributed by atoms with Crippen LogP contribution < -0.4 is 10.1 Å². The number of carbonyl (C=O) groups is 1. The summed E-state index contributed by atoms with van der Waals surface area (Å²) in [5.41, 5.74) is 1.29. The second-order valence-electron chi connectivity index (χ2n) is 6.30. The summed E-state index contributed by atoms with van der Waals surface area (Å²) < 4.78 is 20.2. The van der Waals surface area contributed by atoms with Crippen molar-refractivity contribution in [3.8, 4) is 11.8 Å². The Kier molecular flexibility index (Phi) is 7.91. The summed E-state index contributed by atoms with van der Waals surface area (Å²) in [4.78, 5) is 12.5. The summed E-state index contributed by atoms with van der Waals surface area (Å²) >= 11 is 14.1. The van der Waals surface area contributed by atoms with Crippen LogP contribution in [0.4, 0.5) is 10.1 Å². The van der Waals surface area contributed by atoms with Crippen molar-refractivity contribution >= 4 is 63.5 Å². The number of hydrogen-bond acceptors (Lipinski definition) is 3. The van der Waals surface area contributed by atoms with Crippen LogP contribution in [0.1, 0.15) is 11.1 Å². The predicted molar refractivity (Wildman–Crippen MR) is 129 cm³/mol. The maximum Gasteiger partial charge on any atom is 0.266 e. The number of carbonyl (C=O) groups excluding carboxylic acids is 1. The number of halogens is 4. The van der Waals surface area contributed by atoms with E-state index in [1.807, 2.05) is 6.07 Å². The van der Waals surface area contributed by atoms with Crippen LogP contribution in [0, 0.1) is 20.7 Å². The Balaban J connectivity index is 1.74. The number of nitrogens with one attached hydrogen (secondary N) is 1. The molecule has 0 aliphatic rings. The van der Waals surface area contributed by atoms with Crippen LogP contribution >= 0.6 is 45.8 Å². The average Bonchev–Trinajstić information content (AvgIpc) is 2.75. The number of hydrogen-bond donors (Lipinski definition) is 1. The highest BCUT2D eigenvalue weighted by Gasteiger charge is 2.13. The van der Waals surface area contributed by atoms with Gasteiger partial charge in [-0.1, -0.05) is 53.5 Å². The number of anilines is 1. The third kappa shape index (κ3) is 5.97. The lowest BCUT2D eigenvalue weighted by atomic mass is 10.1. The summed E-state index contributed by atoms with van der Waals surface area (Å²) in [6.45, 7) is 0.0874. The van der Waals surface area contributed by atoms with Crippen LogP contribution in [-0.2, 0) is 11.4 Å². The molecule has 31 heavy (non-hydrogen) atoms. The number of nitrogens with zero attached hydrogens (tertiary/aromatic N) is 1. The van der Waals surface area contributed by atoms with E-state index in [1.165, 1.54) is 12.1 Å². The van der Waals surface area contributed by atoms with Crippen LogP contribution in [0.15, 0.2) is 66.2 Å². The smallest absolute Gasteiger partial charge is 0.266 e. The van der Waals surface area contributed by atoms with Crippen molar-refractivity contribution in [1.82, 2.24) is 0 Å². The van der Waals surface area contributed by atoms with Crippen LogP contribution in [0.2, 0.25) is 10.0 Å². The highest BCUT2D eigenvalue weighted by molar-refractivity contribution is 14.1. The summed E-state index contributed by atoms with van der Waals surface area (Å²) in [5, 5.41) is 12.5. The van der Waals surface area contributed by atoms with Crippen molar-refractivity contribution in [2.45, 2.75) is 6.61 Å². The van der Waals surface area contributed by atoms with Gasteiger partial charge in [0.15, 0.2) is 0 Å². The van der Waals surface area contributed by atoms with Crippen molar-refractivity contribution in [2.75, 3.05) is 5.32 Å². The molecule has 156 valence electrons. The molecule has 0 aliphatic carbocycles. The highest BCUT2D eigenvalue weighted by atomic mass is 127. The molecule has 0 aromatic heterocycles. The maximum absolute atomic E-state index is 13.7. The highest BCUT2D eigenvalue weighted by Crippen LogP contribution is 2.30. The van der Waals surface area contributed by atoms with Crippen molar-refractivity contribution in [1.29, 1.82) is 5.26 Å². The molecule has 4 nitrogen and oxygen atoms in total. The van der Waals surface area contributed by atoms with Gasteiger partial charge in [0.2, 0.25) is 0 Å². The second kappa shape index (κ2) is 10.6. The molecular weight excluding hydrogens is 553 g/mol. The summed E-state index contributed by atoms with van der Waals surface area (Å²) in [7, 11) is 0. The lowest BCUT2D eigenvalue weighted by molar-refractivity contribution is -0.112. The van der Waals surface area contributed by atoms with Crippen molar-refractivity contribution in [3.63, 3.8) is 0 Å². The fourth-order valence-corrected chi connectivity index (χ4v) is 3.64. The average molecular weight is 567 g/mol. The third-order valence-electron chi connectivity index (χ3n) is 4.17. The number of rotatable bonds is 6. The fraction of sp³-hybridized carbons (Fsp3) is 0.0435. The van der Waals surface area contributed by atoms with E-state index in [9.17, 15) is 14.4 Å². The zero-order chi connectivity index (χ0) is 22.4. The Hall–Kier alpha value is -2.60. The molecule has 0 radical (unpaired) electrons. The van der Waals surface area contributed by atoms with Gasteiger partial charge in [-0.3, -0.25) is 4.79 Å². The zero-order valence-corrected chi connectivity index (χ0v) is 19.5. The molecule has 0 atom stereocenters. The lowest BCUT2D eigenvalue weighted by Gasteiger charge is -2.10. The molecule has 0 heterocycles. The Labute approximate surface area is 202 Å². The minimum atomic E-state index is -0.610. The van der Waals surface area contributed by atoms with E-state index < -0.39 is 5.91 Å². The molecule has 8 heteroatoms. The fourth-order valence-electron chi connectivity index (χ4n) is 2.60. The van der Waals surface area contributed by atoms with E-state index in [2.05, 4.69) is 27.9 Å². The second-order valence-corrected chi connectivity index (χ2v) is 8.24. The Bertz CT molecular complexity index is 1210. The molecule has 3 aromatic carbocycles. The SMILES string of the molecule is N#C/C(=C/c1ccc(OCc2ccccc2F)c(I)c1)C(=O)Nc1cccc(Cl)c1Cl. The number of ether oxygens (including phenoxy) is 1. The molecular formula is C23H14Cl2FIN2O2. The zero-order valence-electron chi connectivity index (χ0n) is 15.8. The standard InChI is InChI=1S/C23H14Cl2FIN2O2/c24-17-5-3-7-20(22(17)25)29-23(30)16(12-28)10-14-8-9-21(19(27)11-14)31-13-15-4-1-2-6-18(15)26/h1-11H,13H2,(H,29,30)/b16-10-. The van der Waals surface area contributed by atoms with Gasteiger partial charge in [-0.05, 0) is 64.6 Å². The van der Waals surface area contributed by atoms with Crippen LogP contribution in [0.5, 0.6) is 5.75 Å². The van der Waals surface area contributed by atoms with Crippen LogP contribution in [0.3, 0.4) is 0 Å². The monoisotopic (exact) mass is 566 g/mol. The van der Waals surface area contributed by atoms with Gasteiger partial charge in [0.25, 0.3) is 5.91 Å². The molecule has 0 spiro atoms. The third-order valence-corrected chi connectivity index (χ3v) is 5.83. The first-order valence-electron chi connectivity index (χ1n) is 8.92. The lowest BCUT2D eigenvalue weighted by Crippen LogP contribution is -2.13. The summed E-state index contributed by atoms with van der Waals surface area (Å²) in [6, 6.07) is 18.3. The van der Waals surface area contributed by atoms with Crippen molar-refractivity contribution in [2.24, 2.45) is 0 Å². The first-order valence-corrected chi connectivity index (χ1v) is 10.8. The Morgan fingerprint density at radius 1 is 1.16 bits per heavy atom. The molecule has 0 saturated heterocycles.